The maximum absolute atomic E-state index is 12.5. The summed E-state index contributed by atoms with van der Waals surface area (Å²) in [5.74, 6) is 1.49. The van der Waals surface area contributed by atoms with Gasteiger partial charge in [-0.2, -0.15) is 0 Å². The predicted molar refractivity (Wildman–Crippen MR) is 191 cm³/mol. The Morgan fingerprint density at radius 3 is 1.43 bits per heavy atom. The number of rotatable bonds is 18. The first-order valence-corrected chi connectivity index (χ1v) is 16.9. The van der Waals surface area contributed by atoms with E-state index >= 15 is 0 Å². The largest absolute Gasteiger partial charge is 0.491 e. The molecule has 2 N–H and O–H groups in total. The van der Waals surface area contributed by atoms with Gasteiger partial charge in [0, 0.05) is 23.1 Å². The summed E-state index contributed by atoms with van der Waals surface area (Å²) in [6.45, 7) is 5.28. The van der Waals surface area contributed by atoms with E-state index in [1.807, 2.05) is 48.5 Å². The predicted octanol–water partition coefficient (Wildman–Crippen LogP) is 7.94. The van der Waals surface area contributed by atoms with Crippen molar-refractivity contribution in [3.63, 3.8) is 0 Å². The van der Waals surface area contributed by atoms with Gasteiger partial charge in [-0.25, -0.2) is 0 Å². The molecule has 0 spiro atoms. The number of carbonyl (C=O) groups is 2. The molecule has 2 amide bonds. The molecule has 0 aromatic heterocycles. The third-order valence-electron chi connectivity index (χ3n) is 6.86. The Hall–Kier alpha value is -3.86. The standard InChI is InChI=1S/C36H36Cl4N2O7/c1-23(48-33-11-9-27(37)19-31(33)39)35(43)41-21-25-5-3-7-29(17-25)46-15-13-45-14-16-47-30-8-4-6-26(18-30)22-42-36(44)24(2)49-34-12-10-28(38)20-32(34)40/h3-12,17-20,23-24H,13-16,21-22H2,1-2H3,(H,41,43)(H,42,44). The van der Waals surface area contributed by atoms with Crippen LogP contribution in [0.5, 0.6) is 23.0 Å². The Labute approximate surface area is 305 Å². The minimum absolute atomic E-state index is 0.288. The van der Waals surface area contributed by atoms with Gasteiger partial charge in [-0.15, -0.1) is 0 Å². The lowest BCUT2D eigenvalue weighted by Gasteiger charge is -2.16. The highest BCUT2D eigenvalue weighted by atomic mass is 35.5. The summed E-state index contributed by atoms with van der Waals surface area (Å²) in [4.78, 5) is 25.1. The lowest BCUT2D eigenvalue weighted by atomic mass is 10.2. The monoisotopic (exact) mass is 748 g/mol. The number of hydrogen-bond donors (Lipinski definition) is 2. The van der Waals surface area contributed by atoms with Crippen molar-refractivity contribution in [2.24, 2.45) is 0 Å². The van der Waals surface area contributed by atoms with Crippen LogP contribution in [-0.2, 0) is 27.4 Å². The molecule has 2 atom stereocenters. The van der Waals surface area contributed by atoms with Gasteiger partial charge < -0.3 is 34.3 Å². The molecule has 0 fully saturated rings. The van der Waals surface area contributed by atoms with E-state index in [2.05, 4.69) is 10.6 Å². The summed E-state index contributed by atoms with van der Waals surface area (Å²) in [5, 5.41) is 7.34. The summed E-state index contributed by atoms with van der Waals surface area (Å²) < 4.78 is 28.6. The molecular weight excluding hydrogens is 714 g/mol. The van der Waals surface area contributed by atoms with Crippen LogP contribution >= 0.6 is 46.4 Å². The van der Waals surface area contributed by atoms with E-state index in [9.17, 15) is 9.59 Å². The first kappa shape index (κ1) is 38.0. The molecule has 2 unspecified atom stereocenters. The van der Waals surface area contributed by atoms with Gasteiger partial charge in [0.2, 0.25) is 0 Å². The second kappa shape index (κ2) is 19.4. The van der Waals surface area contributed by atoms with Crippen LogP contribution < -0.4 is 29.6 Å². The second-order valence-electron chi connectivity index (χ2n) is 10.7. The molecule has 0 saturated carbocycles. The van der Waals surface area contributed by atoms with E-state index in [-0.39, 0.29) is 11.8 Å². The number of benzene rings is 4. The Kier molecular flexibility index (Phi) is 15.0. The Morgan fingerprint density at radius 2 is 1.02 bits per heavy atom. The van der Waals surface area contributed by atoms with Gasteiger partial charge in [-0.05, 0) is 85.6 Å². The number of halogens is 4. The molecule has 13 heteroatoms. The highest BCUT2D eigenvalue weighted by molar-refractivity contribution is 6.36. The minimum Gasteiger partial charge on any atom is -0.491 e. The summed E-state index contributed by atoms with van der Waals surface area (Å²) in [6, 6.07) is 24.5. The molecule has 0 aliphatic rings. The van der Waals surface area contributed by atoms with E-state index in [1.165, 1.54) is 0 Å². The van der Waals surface area contributed by atoms with Crippen LogP contribution in [0.25, 0.3) is 0 Å². The molecule has 4 aromatic carbocycles. The summed E-state index contributed by atoms with van der Waals surface area (Å²) >= 11 is 24.1. The van der Waals surface area contributed by atoms with Crippen molar-refractivity contribution in [2.45, 2.75) is 39.1 Å². The molecule has 0 bridgehead atoms. The van der Waals surface area contributed by atoms with Crippen molar-refractivity contribution < 1.29 is 33.3 Å². The molecular formula is C36H36Cl4N2O7. The van der Waals surface area contributed by atoms with Gasteiger partial charge in [-0.3, -0.25) is 9.59 Å². The molecule has 0 saturated heterocycles. The molecule has 49 heavy (non-hydrogen) atoms. The molecule has 260 valence electrons. The van der Waals surface area contributed by atoms with Gasteiger partial charge >= 0.3 is 0 Å². The van der Waals surface area contributed by atoms with Crippen LogP contribution in [0.15, 0.2) is 84.9 Å². The van der Waals surface area contributed by atoms with Crippen LogP contribution in [0.3, 0.4) is 0 Å². The van der Waals surface area contributed by atoms with Crippen molar-refractivity contribution in [3.8, 4) is 23.0 Å². The first-order chi connectivity index (χ1) is 23.6. The van der Waals surface area contributed by atoms with Crippen LogP contribution in [0, 0.1) is 0 Å². The number of hydrogen-bond acceptors (Lipinski definition) is 7. The third-order valence-corrected chi connectivity index (χ3v) is 7.92. The van der Waals surface area contributed by atoms with Gasteiger partial charge in [-0.1, -0.05) is 70.7 Å². The SMILES string of the molecule is CC(Oc1ccc(Cl)cc1Cl)C(=O)NCc1cccc(OCCOCCOc2cccc(CNC(=O)C(C)Oc3ccc(Cl)cc3Cl)c2)c1. The van der Waals surface area contributed by atoms with E-state index in [4.69, 9.17) is 70.1 Å². The molecule has 0 heterocycles. The molecule has 0 aliphatic heterocycles. The Balaban J connectivity index is 1.09. The second-order valence-corrected chi connectivity index (χ2v) is 12.4. The fourth-order valence-corrected chi connectivity index (χ4v) is 5.23. The van der Waals surface area contributed by atoms with Crippen molar-refractivity contribution in [3.05, 3.63) is 116 Å². The maximum atomic E-state index is 12.5. The minimum atomic E-state index is -0.757. The molecule has 4 rings (SSSR count). The van der Waals surface area contributed by atoms with Crippen LogP contribution in [0.4, 0.5) is 0 Å². The number of carbonyl (C=O) groups excluding carboxylic acids is 2. The zero-order valence-electron chi connectivity index (χ0n) is 26.8. The summed E-state index contributed by atoms with van der Waals surface area (Å²) in [5.41, 5.74) is 1.73. The highest BCUT2D eigenvalue weighted by Crippen LogP contribution is 2.29. The van der Waals surface area contributed by atoms with Crippen molar-refractivity contribution >= 4 is 58.2 Å². The van der Waals surface area contributed by atoms with Crippen LogP contribution in [0.2, 0.25) is 20.1 Å². The van der Waals surface area contributed by atoms with Gasteiger partial charge in [0.1, 0.15) is 36.2 Å². The molecule has 0 aliphatic carbocycles. The molecule has 9 nitrogen and oxygen atoms in total. The first-order valence-electron chi connectivity index (χ1n) is 15.4. The van der Waals surface area contributed by atoms with E-state index in [0.29, 0.717) is 82.6 Å². The van der Waals surface area contributed by atoms with Gasteiger partial charge in [0.15, 0.2) is 12.2 Å². The quantitative estimate of drug-likeness (QED) is 0.0996. The zero-order chi connectivity index (χ0) is 35.2. The van der Waals surface area contributed by atoms with E-state index < -0.39 is 12.2 Å². The lowest BCUT2D eigenvalue weighted by Crippen LogP contribution is -2.35. The molecule has 0 radical (unpaired) electrons. The van der Waals surface area contributed by atoms with Crippen molar-refractivity contribution in [1.82, 2.24) is 10.6 Å². The van der Waals surface area contributed by atoms with E-state index in [1.54, 1.807) is 50.2 Å². The average molecular weight is 751 g/mol. The maximum Gasteiger partial charge on any atom is 0.261 e. The van der Waals surface area contributed by atoms with Gasteiger partial charge in [0.25, 0.3) is 11.8 Å². The van der Waals surface area contributed by atoms with Crippen LogP contribution in [0.1, 0.15) is 25.0 Å². The number of amides is 2. The third kappa shape index (κ3) is 12.8. The smallest absolute Gasteiger partial charge is 0.261 e. The Morgan fingerprint density at radius 1 is 0.592 bits per heavy atom. The zero-order valence-corrected chi connectivity index (χ0v) is 29.9. The number of ether oxygens (including phenoxy) is 5. The summed E-state index contributed by atoms with van der Waals surface area (Å²) in [7, 11) is 0. The highest BCUT2D eigenvalue weighted by Gasteiger charge is 2.17. The van der Waals surface area contributed by atoms with Gasteiger partial charge in [0.05, 0.1) is 23.3 Å². The van der Waals surface area contributed by atoms with Crippen LogP contribution in [-0.4, -0.2) is 50.4 Å². The fourth-order valence-electron chi connectivity index (χ4n) is 4.32. The lowest BCUT2D eigenvalue weighted by molar-refractivity contribution is -0.128. The van der Waals surface area contributed by atoms with Crippen molar-refractivity contribution in [1.29, 1.82) is 0 Å². The molecule has 4 aromatic rings. The van der Waals surface area contributed by atoms with E-state index in [0.717, 1.165) is 11.1 Å². The average Bonchev–Trinajstić information content (AvgIpc) is 3.08. The normalized spacial score (nSPS) is 12.0. The fraction of sp³-hybridized carbons (Fsp3) is 0.278. The summed E-state index contributed by atoms with van der Waals surface area (Å²) in [6.07, 6.45) is -1.51. The van der Waals surface area contributed by atoms with Crippen molar-refractivity contribution in [2.75, 3.05) is 26.4 Å². The Bertz CT molecular complexity index is 1590. The topological polar surface area (TPSA) is 104 Å². The number of nitrogens with one attached hydrogen (secondary N) is 2.